The van der Waals surface area contributed by atoms with Gasteiger partial charge in [0.25, 0.3) is 0 Å². The van der Waals surface area contributed by atoms with Gasteiger partial charge in [-0.05, 0) is 38.9 Å². The van der Waals surface area contributed by atoms with Crippen LogP contribution in [0.25, 0.3) is 0 Å². The number of methoxy groups -OCH3 is 1. The molecule has 0 unspecified atom stereocenters. The van der Waals surface area contributed by atoms with Gasteiger partial charge in [0, 0.05) is 0 Å². The molecule has 130 valence electrons. The van der Waals surface area contributed by atoms with Crippen molar-refractivity contribution < 1.29 is 23.5 Å². The zero-order valence-corrected chi connectivity index (χ0v) is 15.9. The molecule has 1 N–H and O–H groups in total. The number of rotatable bonds is 8. The van der Waals surface area contributed by atoms with E-state index in [1.807, 2.05) is 0 Å². The Hall–Kier alpha value is -1.08. The summed E-state index contributed by atoms with van der Waals surface area (Å²) in [5.41, 5.74) is -0.625. The fourth-order valence-corrected chi connectivity index (χ4v) is 4.71. The number of carbonyl (C=O) groups excluding carboxylic acids is 2. The second kappa shape index (κ2) is 9.15. The standard InChI is InChI=1S/C15H31NO5Si/c1-8-22(9-2,10-3)20-11-12(13(17)19-7)16-14(18)21-15(4,5)6/h12H,8-11H2,1-7H3,(H,16,18)/t12-/m1/s1. The SMILES string of the molecule is CC[Si](CC)(CC)OC[C@@H](NC(=O)OC(C)(C)C)C(=O)OC. The van der Waals surface area contributed by atoms with Crippen molar-refractivity contribution in [3.8, 4) is 0 Å². The third-order valence-corrected chi connectivity index (χ3v) is 8.31. The molecular formula is C15H31NO5Si. The second-order valence-electron chi connectivity index (χ2n) is 6.28. The van der Waals surface area contributed by atoms with E-state index in [0.717, 1.165) is 18.1 Å². The van der Waals surface area contributed by atoms with Gasteiger partial charge in [0.1, 0.15) is 5.60 Å². The maximum absolute atomic E-state index is 11.8. The van der Waals surface area contributed by atoms with Crippen molar-refractivity contribution in [2.24, 2.45) is 0 Å². The molecule has 0 saturated carbocycles. The zero-order chi connectivity index (χ0) is 17.4. The van der Waals surface area contributed by atoms with Crippen molar-refractivity contribution in [2.75, 3.05) is 13.7 Å². The summed E-state index contributed by atoms with van der Waals surface area (Å²) in [6, 6.07) is 2.07. The maximum Gasteiger partial charge on any atom is 0.408 e. The summed E-state index contributed by atoms with van der Waals surface area (Å²) >= 11 is 0. The van der Waals surface area contributed by atoms with E-state index in [9.17, 15) is 9.59 Å². The highest BCUT2D eigenvalue weighted by molar-refractivity contribution is 6.73. The molecule has 1 atom stereocenters. The third kappa shape index (κ3) is 7.26. The lowest BCUT2D eigenvalue weighted by Gasteiger charge is -2.30. The molecule has 0 fully saturated rings. The number of ether oxygens (including phenoxy) is 2. The molecule has 22 heavy (non-hydrogen) atoms. The fraction of sp³-hybridized carbons (Fsp3) is 0.867. The molecular weight excluding hydrogens is 302 g/mol. The third-order valence-electron chi connectivity index (χ3n) is 3.67. The summed E-state index contributed by atoms with van der Waals surface area (Å²) in [6.45, 7) is 11.7. The van der Waals surface area contributed by atoms with Gasteiger partial charge in [-0.15, -0.1) is 0 Å². The lowest BCUT2D eigenvalue weighted by atomic mass is 10.2. The molecule has 0 aromatic rings. The van der Waals surface area contributed by atoms with E-state index in [1.54, 1.807) is 20.8 Å². The molecule has 0 heterocycles. The van der Waals surface area contributed by atoms with E-state index in [4.69, 9.17) is 13.9 Å². The summed E-state index contributed by atoms with van der Waals surface area (Å²) in [6.07, 6.45) is -0.650. The summed E-state index contributed by atoms with van der Waals surface area (Å²) < 4.78 is 16.0. The van der Waals surface area contributed by atoms with Gasteiger partial charge in [0.05, 0.1) is 13.7 Å². The van der Waals surface area contributed by atoms with Crippen LogP contribution in [0.3, 0.4) is 0 Å². The predicted octanol–water partition coefficient (Wildman–Crippen LogP) is 3.07. The molecule has 1 amide bonds. The van der Waals surface area contributed by atoms with Crippen LogP contribution in [0.5, 0.6) is 0 Å². The fourth-order valence-electron chi connectivity index (χ4n) is 2.08. The smallest absolute Gasteiger partial charge is 0.408 e. The predicted molar refractivity (Wildman–Crippen MR) is 88.3 cm³/mol. The Balaban J connectivity index is 4.80. The van der Waals surface area contributed by atoms with Gasteiger partial charge in [0.2, 0.25) is 0 Å². The quantitative estimate of drug-likeness (QED) is 0.546. The topological polar surface area (TPSA) is 73.9 Å². The van der Waals surface area contributed by atoms with Crippen LogP contribution in [0.15, 0.2) is 0 Å². The second-order valence-corrected chi connectivity index (χ2v) is 11.1. The van der Waals surface area contributed by atoms with Gasteiger partial charge in [-0.1, -0.05) is 20.8 Å². The largest absolute Gasteiger partial charge is 0.467 e. The Morgan fingerprint density at radius 1 is 1.09 bits per heavy atom. The Labute approximate surface area is 135 Å². The number of hydrogen-bond donors (Lipinski definition) is 1. The minimum atomic E-state index is -1.84. The highest BCUT2D eigenvalue weighted by Gasteiger charge is 2.32. The molecule has 0 aliphatic carbocycles. The summed E-state index contributed by atoms with van der Waals surface area (Å²) in [4.78, 5) is 23.7. The van der Waals surface area contributed by atoms with Crippen LogP contribution in [0.1, 0.15) is 41.5 Å². The van der Waals surface area contributed by atoms with Crippen LogP contribution in [-0.4, -0.2) is 45.7 Å². The van der Waals surface area contributed by atoms with Gasteiger partial charge in [-0.3, -0.25) is 0 Å². The molecule has 6 nitrogen and oxygen atoms in total. The van der Waals surface area contributed by atoms with Crippen LogP contribution in [0, 0.1) is 0 Å². The van der Waals surface area contributed by atoms with E-state index in [-0.39, 0.29) is 6.61 Å². The van der Waals surface area contributed by atoms with E-state index >= 15 is 0 Å². The van der Waals surface area contributed by atoms with E-state index < -0.39 is 32.0 Å². The summed E-state index contributed by atoms with van der Waals surface area (Å²) in [7, 11) is -0.549. The van der Waals surface area contributed by atoms with Crippen LogP contribution in [0.2, 0.25) is 18.1 Å². The van der Waals surface area contributed by atoms with Gasteiger partial charge >= 0.3 is 12.1 Å². The van der Waals surface area contributed by atoms with Crippen LogP contribution >= 0.6 is 0 Å². The molecule has 0 bridgehead atoms. The molecule has 0 aliphatic rings. The minimum Gasteiger partial charge on any atom is -0.467 e. The molecule has 0 aromatic heterocycles. The van der Waals surface area contributed by atoms with Gasteiger partial charge in [0.15, 0.2) is 14.4 Å². The maximum atomic E-state index is 11.8. The van der Waals surface area contributed by atoms with E-state index in [2.05, 4.69) is 26.1 Å². The lowest BCUT2D eigenvalue weighted by Crippen LogP contribution is -2.49. The molecule has 0 radical (unpaired) electrons. The van der Waals surface area contributed by atoms with Crippen molar-refractivity contribution in [1.29, 1.82) is 0 Å². The van der Waals surface area contributed by atoms with E-state index in [0.29, 0.717) is 0 Å². The number of esters is 1. The van der Waals surface area contributed by atoms with Crippen molar-refractivity contribution in [1.82, 2.24) is 5.32 Å². The molecule has 7 heteroatoms. The Kier molecular flexibility index (Phi) is 8.69. The van der Waals surface area contributed by atoms with Crippen molar-refractivity contribution in [3.63, 3.8) is 0 Å². The first-order valence-electron chi connectivity index (χ1n) is 7.84. The van der Waals surface area contributed by atoms with E-state index in [1.165, 1.54) is 7.11 Å². The van der Waals surface area contributed by atoms with Gasteiger partial charge in [-0.2, -0.15) is 0 Å². The van der Waals surface area contributed by atoms with Crippen LogP contribution in [-0.2, 0) is 18.7 Å². The van der Waals surface area contributed by atoms with Crippen molar-refractivity contribution >= 4 is 20.4 Å². The first-order chi connectivity index (χ1) is 10.1. The molecule has 0 aliphatic heterocycles. The molecule has 0 rings (SSSR count). The number of nitrogens with one attached hydrogen (secondary N) is 1. The summed E-state index contributed by atoms with van der Waals surface area (Å²) in [5, 5.41) is 2.53. The zero-order valence-electron chi connectivity index (χ0n) is 14.9. The average molecular weight is 334 g/mol. The Morgan fingerprint density at radius 2 is 1.59 bits per heavy atom. The number of carbonyl (C=O) groups is 2. The average Bonchev–Trinajstić information content (AvgIpc) is 2.45. The Bertz CT molecular complexity index is 355. The van der Waals surface area contributed by atoms with Crippen LogP contribution in [0.4, 0.5) is 4.79 Å². The van der Waals surface area contributed by atoms with Crippen molar-refractivity contribution in [3.05, 3.63) is 0 Å². The molecule has 0 spiro atoms. The van der Waals surface area contributed by atoms with Crippen molar-refractivity contribution in [2.45, 2.75) is 71.3 Å². The first-order valence-corrected chi connectivity index (χ1v) is 10.4. The lowest BCUT2D eigenvalue weighted by molar-refractivity contribution is -0.144. The normalized spacial score (nSPS) is 13.4. The Morgan fingerprint density at radius 3 is 1.95 bits per heavy atom. The van der Waals surface area contributed by atoms with Gasteiger partial charge < -0.3 is 19.2 Å². The number of hydrogen-bond acceptors (Lipinski definition) is 5. The molecule has 0 aromatic carbocycles. The first kappa shape index (κ1) is 20.9. The highest BCUT2D eigenvalue weighted by atomic mass is 28.4. The van der Waals surface area contributed by atoms with Gasteiger partial charge in [-0.25, -0.2) is 9.59 Å². The molecule has 0 saturated heterocycles. The van der Waals surface area contributed by atoms with Crippen LogP contribution < -0.4 is 5.32 Å². The minimum absolute atomic E-state index is 0.119. The number of amides is 1. The monoisotopic (exact) mass is 333 g/mol. The summed E-state index contributed by atoms with van der Waals surface area (Å²) in [5.74, 6) is -0.530. The number of alkyl carbamates (subject to hydrolysis) is 1. The highest BCUT2D eigenvalue weighted by Crippen LogP contribution is 2.21.